The molecule has 0 aromatic carbocycles. The molecule has 5 heteroatoms. The molecule has 1 amide bonds. The topological polar surface area (TPSA) is 67.2 Å². The normalized spacial score (nSPS) is 16.7. The average molecular weight is 265 g/mol. The van der Waals surface area contributed by atoms with Crippen molar-refractivity contribution in [2.75, 3.05) is 13.2 Å². The highest BCUT2D eigenvalue weighted by molar-refractivity contribution is 5.95. The van der Waals surface area contributed by atoms with Crippen molar-refractivity contribution in [1.29, 1.82) is 0 Å². The van der Waals surface area contributed by atoms with Gasteiger partial charge in [0.25, 0.3) is 5.91 Å². The molecule has 2 rings (SSSR count). The maximum absolute atomic E-state index is 12.2. The second-order valence-corrected chi connectivity index (χ2v) is 5.78. The third-order valence-electron chi connectivity index (χ3n) is 3.82. The summed E-state index contributed by atoms with van der Waals surface area (Å²) in [5.41, 5.74) is 1.44. The Hall–Kier alpha value is -1.36. The van der Waals surface area contributed by atoms with E-state index in [1.54, 1.807) is 4.68 Å². The van der Waals surface area contributed by atoms with Crippen molar-refractivity contribution in [2.24, 2.45) is 5.41 Å². The van der Waals surface area contributed by atoms with Gasteiger partial charge in [0, 0.05) is 24.7 Å². The highest BCUT2D eigenvalue weighted by Gasteiger charge is 2.42. The van der Waals surface area contributed by atoms with Crippen LogP contribution in [-0.4, -0.2) is 33.9 Å². The smallest absolute Gasteiger partial charge is 0.254 e. The third kappa shape index (κ3) is 2.97. The molecular formula is C14H23N3O2. The highest BCUT2D eigenvalue weighted by Crippen LogP contribution is 2.44. The summed E-state index contributed by atoms with van der Waals surface area (Å²) in [6.07, 6.45) is 3.80. The van der Waals surface area contributed by atoms with Crippen molar-refractivity contribution < 1.29 is 9.90 Å². The molecule has 0 aliphatic heterocycles. The van der Waals surface area contributed by atoms with Crippen LogP contribution >= 0.6 is 0 Å². The lowest BCUT2D eigenvalue weighted by Gasteiger charge is -2.13. The second kappa shape index (κ2) is 5.33. The van der Waals surface area contributed by atoms with E-state index in [2.05, 4.69) is 10.4 Å². The van der Waals surface area contributed by atoms with Crippen LogP contribution in [0.15, 0.2) is 6.20 Å². The number of aliphatic hydroxyl groups excluding tert-OH is 1. The lowest BCUT2D eigenvalue weighted by atomic mass is 10.1. The Kier molecular flexibility index (Phi) is 3.94. The highest BCUT2D eigenvalue weighted by atomic mass is 16.3. The summed E-state index contributed by atoms with van der Waals surface area (Å²) < 4.78 is 1.79. The maximum atomic E-state index is 12.2. The van der Waals surface area contributed by atoms with E-state index in [1.807, 2.05) is 27.0 Å². The molecule has 1 fully saturated rings. The summed E-state index contributed by atoms with van der Waals surface area (Å²) in [5, 5.41) is 16.6. The zero-order valence-electron chi connectivity index (χ0n) is 11.9. The minimum absolute atomic E-state index is 0.0611. The van der Waals surface area contributed by atoms with Crippen molar-refractivity contribution in [1.82, 2.24) is 15.1 Å². The van der Waals surface area contributed by atoms with E-state index in [0.29, 0.717) is 12.1 Å². The Morgan fingerprint density at radius 2 is 2.26 bits per heavy atom. The van der Waals surface area contributed by atoms with E-state index in [0.717, 1.165) is 25.1 Å². The summed E-state index contributed by atoms with van der Waals surface area (Å²) in [4.78, 5) is 12.2. The third-order valence-corrected chi connectivity index (χ3v) is 3.82. The Morgan fingerprint density at radius 1 is 1.58 bits per heavy atom. The van der Waals surface area contributed by atoms with Crippen LogP contribution in [-0.2, 0) is 6.54 Å². The van der Waals surface area contributed by atoms with Crippen LogP contribution < -0.4 is 5.32 Å². The summed E-state index contributed by atoms with van der Waals surface area (Å²) >= 11 is 0. The number of hydrogen-bond donors (Lipinski definition) is 2. The van der Waals surface area contributed by atoms with Gasteiger partial charge >= 0.3 is 0 Å². The van der Waals surface area contributed by atoms with Gasteiger partial charge in [0.1, 0.15) is 0 Å². The van der Waals surface area contributed by atoms with Crippen molar-refractivity contribution >= 4 is 5.91 Å². The van der Waals surface area contributed by atoms with Crippen molar-refractivity contribution in [2.45, 2.75) is 46.1 Å². The minimum Gasteiger partial charge on any atom is -0.396 e. The van der Waals surface area contributed by atoms with Crippen molar-refractivity contribution in [3.8, 4) is 0 Å². The molecule has 0 atom stereocenters. The zero-order chi connectivity index (χ0) is 14.0. The molecule has 0 unspecified atom stereocenters. The second-order valence-electron chi connectivity index (χ2n) is 5.78. The molecule has 1 aliphatic rings. The number of aliphatic hydroxyl groups is 1. The molecule has 106 valence electrons. The number of carbonyl (C=O) groups excluding carboxylic acids is 1. The van der Waals surface area contributed by atoms with Gasteiger partial charge in [0.2, 0.25) is 0 Å². The fraction of sp³-hybridized carbons (Fsp3) is 0.714. The Labute approximate surface area is 114 Å². The first-order valence-electron chi connectivity index (χ1n) is 6.98. The van der Waals surface area contributed by atoms with Crippen LogP contribution in [0.5, 0.6) is 0 Å². The maximum Gasteiger partial charge on any atom is 0.254 e. The Morgan fingerprint density at radius 3 is 2.74 bits per heavy atom. The number of hydrogen-bond acceptors (Lipinski definition) is 3. The van der Waals surface area contributed by atoms with E-state index in [9.17, 15) is 9.90 Å². The number of aromatic nitrogens is 2. The Balaban J connectivity index is 2.07. The van der Waals surface area contributed by atoms with Crippen LogP contribution in [0.3, 0.4) is 0 Å². The molecule has 1 aromatic rings. The molecule has 0 bridgehead atoms. The molecule has 0 spiro atoms. The van der Waals surface area contributed by atoms with Gasteiger partial charge in [-0.3, -0.25) is 9.48 Å². The van der Waals surface area contributed by atoms with Gasteiger partial charge in [-0.15, -0.1) is 0 Å². The van der Waals surface area contributed by atoms with Gasteiger partial charge in [-0.1, -0.05) is 13.8 Å². The molecule has 0 radical (unpaired) electrons. The van der Waals surface area contributed by atoms with Crippen LogP contribution in [0.2, 0.25) is 0 Å². The van der Waals surface area contributed by atoms with Gasteiger partial charge in [-0.25, -0.2) is 0 Å². The van der Waals surface area contributed by atoms with Gasteiger partial charge in [0.15, 0.2) is 0 Å². The first kappa shape index (κ1) is 14.1. The van der Waals surface area contributed by atoms with Gasteiger partial charge in [-0.2, -0.15) is 5.10 Å². The predicted molar refractivity (Wildman–Crippen MR) is 73.1 cm³/mol. The van der Waals surface area contributed by atoms with Crippen LogP contribution in [0.1, 0.15) is 55.6 Å². The number of aryl methyl sites for hydroxylation is 1. The minimum atomic E-state index is -0.0804. The summed E-state index contributed by atoms with van der Waals surface area (Å²) in [6, 6.07) is 0. The molecule has 0 saturated heterocycles. The summed E-state index contributed by atoms with van der Waals surface area (Å²) in [6.45, 7) is 7.54. The van der Waals surface area contributed by atoms with E-state index in [-0.39, 0.29) is 23.8 Å². The molecular weight excluding hydrogens is 242 g/mol. The van der Waals surface area contributed by atoms with Crippen LogP contribution in [0, 0.1) is 5.41 Å². The molecule has 1 aliphatic carbocycles. The fourth-order valence-electron chi connectivity index (χ4n) is 2.13. The molecule has 5 nitrogen and oxygen atoms in total. The van der Waals surface area contributed by atoms with E-state index >= 15 is 0 Å². The zero-order valence-corrected chi connectivity index (χ0v) is 11.9. The number of nitrogens with one attached hydrogen (secondary N) is 1. The monoisotopic (exact) mass is 265 g/mol. The van der Waals surface area contributed by atoms with E-state index in [1.165, 1.54) is 0 Å². The molecule has 2 N–H and O–H groups in total. The molecule has 1 heterocycles. The number of nitrogens with zero attached hydrogens (tertiary/aromatic N) is 2. The number of carbonyl (C=O) groups is 1. The first-order valence-corrected chi connectivity index (χ1v) is 6.98. The predicted octanol–water partition coefficient (Wildman–Crippen LogP) is 1.53. The molecule has 1 saturated carbocycles. The lowest BCUT2D eigenvalue weighted by molar-refractivity contribution is 0.0934. The van der Waals surface area contributed by atoms with E-state index < -0.39 is 0 Å². The first-order chi connectivity index (χ1) is 9.01. The largest absolute Gasteiger partial charge is 0.396 e. The molecule has 1 aromatic heterocycles. The molecule has 19 heavy (non-hydrogen) atoms. The van der Waals surface area contributed by atoms with Gasteiger partial charge in [-0.05, 0) is 25.7 Å². The van der Waals surface area contributed by atoms with Gasteiger partial charge in [0.05, 0.1) is 17.9 Å². The van der Waals surface area contributed by atoms with Crippen LogP contribution in [0.4, 0.5) is 0 Å². The fourth-order valence-corrected chi connectivity index (χ4v) is 2.13. The standard InChI is InChI=1S/C14H23N3O2/c1-4-17-7-11(12(16-17)10(2)3)13(19)15-8-14(9-18)5-6-14/h7,10,18H,4-6,8-9H2,1-3H3,(H,15,19). The summed E-state index contributed by atoms with van der Waals surface area (Å²) in [5.74, 6) is 0.143. The lowest BCUT2D eigenvalue weighted by Crippen LogP contribution is -2.32. The van der Waals surface area contributed by atoms with Crippen molar-refractivity contribution in [3.63, 3.8) is 0 Å². The average Bonchev–Trinajstić information content (AvgIpc) is 3.05. The Bertz CT molecular complexity index is 461. The van der Waals surface area contributed by atoms with E-state index in [4.69, 9.17) is 0 Å². The number of rotatable bonds is 6. The van der Waals surface area contributed by atoms with Crippen molar-refractivity contribution in [3.05, 3.63) is 17.5 Å². The van der Waals surface area contributed by atoms with Gasteiger partial charge < -0.3 is 10.4 Å². The SMILES string of the molecule is CCn1cc(C(=O)NCC2(CO)CC2)c(C(C)C)n1. The number of amides is 1. The van der Waals surface area contributed by atoms with Crippen LogP contribution in [0.25, 0.3) is 0 Å². The quantitative estimate of drug-likeness (QED) is 0.819. The summed E-state index contributed by atoms with van der Waals surface area (Å²) in [7, 11) is 0.